The minimum absolute atomic E-state index is 0.0639. The Morgan fingerprint density at radius 1 is 0.838 bits per heavy atom. The van der Waals surface area contributed by atoms with Crippen LogP contribution in [0.5, 0.6) is 0 Å². The van der Waals surface area contributed by atoms with Crippen LogP contribution < -0.4 is 4.72 Å². The van der Waals surface area contributed by atoms with Crippen LogP contribution in [0.15, 0.2) is 89.8 Å². The van der Waals surface area contributed by atoms with Crippen molar-refractivity contribution in [3.8, 4) is 11.1 Å². The molecule has 194 valence electrons. The quantitative estimate of drug-likeness (QED) is 0.241. The molecule has 1 heterocycles. The first-order valence-corrected chi connectivity index (χ1v) is 12.7. The lowest BCUT2D eigenvalue weighted by molar-refractivity contribution is -0.291. The maximum Gasteiger partial charge on any atom is 0.459 e. The topological polar surface area (TPSA) is 64.0 Å². The predicted octanol–water partition coefficient (Wildman–Crippen LogP) is 6.90. The molecule has 0 unspecified atom stereocenters. The molecule has 0 saturated heterocycles. The van der Waals surface area contributed by atoms with Crippen molar-refractivity contribution in [2.24, 2.45) is 0 Å². The summed E-state index contributed by atoms with van der Waals surface area (Å²) in [6.45, 7) is -0.376. The van der Waals surface area contributed by atoms with Gasteiger partial charge in [-0.05, 0) is 41.8 Å². The number of halogens is 6. The summed E-state index contributed by atoms with van der Waals surface area (Å²) in [4.78, 5) is -0.222. The van der Waals surface area contributed by atoms with E-state index < -0.39 is 39.2 Å². The Balaban J connectivity index is 1.93. The van der Waals surface area contributed by atoms with Gasteiger partial charge < -0.3 is 0 Å². The van der Waals surface area contributed by atoms with Crippen molar-refractivity contribution in [1.29, 1.82) is 0 Å². The van der Waals surface area contributed by atoms with Gasteiger partial charge in [-0.25, -0.2) is 8.42 Å². The van der Waals surface area contributed by atoms with Crippen LogP contribution in [0.4, 0.5) is 27.8 Å². The van der Waals surface area contributed by atoms with Crippen LogP contribution in [-0.4, -0.2) is 24.4 Å². The van der Waals surface area contributed by atoms with E-state index in [4.69, 9.17) is 11.6 Å². The third-order valence-electron chi connectivity index (χ3n) is 5.48. The molecule has 0 fully saturated rings. The highest BCUT2D eigenvalue weighted by Crippen LogP contribution is 2.49. The van der Waals surface area contributed by atoms with Crippen molar-refractivity contribution in [1.82, 2.24) is 9.78 Å². The number of benzene rings is 3. The molecule has 0 bridgehead atoms. The molecule has 4 rings (SSSR count). The number of aryl methyl sites for hydroxylation is 2. The lowest BCUT2D eigenvalue weighted by Gasteiger charge is -2.22. The Morgan fingerprint density at radius 3 is 1.97 bits per heavy atom. The standard InChI is InChI=1S/C25H19ClF5N3O2S/c26-19-13-11-18(12-14-19)21-22(24(27,28)25(29,30)31)34(16-15-17-7-3-1-4-8-17)32-23(21)33-37(35,36)20-9-5-2-6-10-20/h1-14H,15-16H2,(H,32,33). The van der Waals surface area contributed by atoms with Crippen molar-refractivity contribution in [3.05, 3.63) is 101 Å². The minimum Gasteiger partial charge on any atom is -0.261 e. The number of anilines is 1. The van der Waals surface area contributed by atoms with Crippen LogP contribution in [0.1, 0.15) is 11.3 Å². The first-order chi connectivity index (χ1) is 17.4. The molecule has 12 heteroatoms. The summed E-state index contributed by atoms with van der Waals surface area (Å²) in [7, 11) is -4.38. The first-order valence-electron chi connectivity index (χ1n) is 10.8. The van der Waals surface area contributed by atoms with Gasteiger partial charge in [-0.2, -0.15) is 27.1 Å². The summed E-state index contributed by atoms with van der Waals surface area (Å²) in [6.07, 6.45) is -5.91. The number of nitrogens with one attached hydrogen (secondary N) is 1. The third kappa shape index (κ3) is 5.62. The zero-order valence-electron chi connectivity index (χ0n) is 18.9. The summed E-state index contributed by atoms with van der Waals surface area (Å²) in [5, 5.41) is 4.13. The molecule has 1 N–H and O–H groups in total. The van der Waals surface area contributed by atoms with Crippen molar-refractivity contribution in [2.75, 3.05) is 4.72 Å². The molecule has 3 aromatic carbocycles. The Hall–Kier alpha value is -3.44. The predicted molar refractivity (Wildman–Crippen MR) is 130 cm³/mol. The highest BCUT2D eigenvalue weighted by Gasteiger charge is 2.62. The number of rotatable bonds is 8. The number of sulfonamides is 1. The Bertz CT molecular complexity index is 1470. The van der Waals surface area contributed by atoms with E-state index in [1.54, 1.807) is 36.4 Å². The van der Waals surface area contributed by atoms with Gasteiger partial charge >= 0.3 is 12.1 Å². The summed E-state index contributed by atoms with van der Waals surface area (Å²) in [5.41, 5.74) is -1.64. The molecule has 0 radical (unpaired) electrons. The fourth-order valence-electron chi connectivity index (χ4n) is 3.70. The average Bonchev–Trinajstić information content (AvgIpc) is 3.21. The fraction of sp³-hybridized carbons (Fsp3) is 0.160. The van der Waals surface area contributed by atoms with Gasteiger partial charge in [0.2, 0.25) is 0 Å². The van der Waals surface area contributed by atoms with Crippen LogP contribution in [0, 0.1) is 0 Å². The molecule has 0 atom stereocenters. The lowest BCUT2D eigenvalue weighted by atomic mass is 10.0. The highest BCUT2D eigenvalue weighted by molar-refractivity contribution is 7.92. The summed E-state index contributed by atoms with van der Waals surface area (Å²) in [6, 6.07) is 20.5. The number of hydrogen-bond acceptors (Lipinski definition) is 3. The van der Waals surface area contributed by atoms with Crippen molar-refractivity contribution in [3.63, 3.8) is 0 Å². The molecule has 0 amide bonds. The van der Waals surface area contributed by atoms with Gasteiger partial charge in [0.15, 0.2) is 5.82 Å². The van der Waals surface area contributed by atoms with Crippen molar-refractivity contribution >= 4 is 27.4 Å². The lowest BCUT2D eigenvalue weighted by Crippen LogP contribution is -2.36. The fourth-order valence-corrected chi connectivity index (χ4v) is 4.86. The van der Waals surface area contributed by atoms with E-state index >= 15 is 8.78 Å². The van der Waals surface area contributed by atoms with E-state index in [2.05, 4.69) is 9.82 Å². The van der Waals surface area contributed by atoms with Crippen LogP contribution >= 0.6 is 11.6 Å². The van der Waals surface area contributed by atoms with E-state index in [0.29, 0.717) is 10.2 Å². The number of aromatic nitrogens is 2. The van der Waals surface area contributed by atoms with E-state index in [1.807, 2.05) is 0 Å². The largest absolute Gasteiger partial charge is 0.459 e. The van der Waals surface area contributed by atoms with Gasteiger partial charge in [-0.15, -0.1) is 0 Å². The van der Waals surface area contributed by atoms with Gasteiger partial charge in [-0.3, -0.25) is 9.40 Å². The van der Waals surface area contributed by atoms with Gasteiger partial charge in [0.25, 0.3) is 10.0 Å². The number of hydrogen-bond donors (Lipinski definition) is 1. The highest BCUT2D eigenvalue weighted by atomic mass is 35.5. The van der Waals surface area contributed by atoms with Crippen molar-refractivity contribution in [2.45, 2.75) is 30.0 Å². The average molecular weight is 556 g/mol. The van der Waals surface area contributed by atoms with E-state index in [0.717, 1.165) is 0 Å². The van der Waals surface area contributed by atoms with Gasteiger partial charge in [0.05, 0.1) is 10.5 Å². The maximum atomic E-state index is 15.1. The van der Waals surface area contributed by atoms with E-state index in [-0.39, 0.29) is 28.4 Å². The summed E-state index contributed by atoms with van der Waals surface area (Å²) < 4.78 is 99.8. The molecule has 0 aliphatic carbocycles. The molecular weight excluding hydrogens is 537 g/mol. The molecule has 0 aliphatic rings. The van der Waals surface area contributed by atoms with E-state index in [1.165, 1.54) is 48.5 Å². The summed E-state index contributed by atoms with van der Waals surface area (Å²) >= 11 is 5.89. The van der Waals surface area contributed by atoms with Gasteiger partial charge in [0.1, 0.15) is 5.69 Å². The molecule has 5 nitrogen and oxygen atoms in total. The Labute approximate surface area is 214 Å². The van der Waals surface area contributed by atoms with Crippen molar-refractivity contribution < 1.29 is 30.4 Å². The molecular formula is C25H19ClF5N3O2S. The Kier molecular flexibility index (Phi) is 7.29. The van der Waals surface area contributed by atoms with Gasteiger partial charge in [0, 0.05) is 11.6 Å². The second-order valence-electron chi connectivity index (χ2n) is 8.03. The molecule has 0 aliphatic heterocycles. The first kappa shape index (κ1) is 26.6. The van der Waals surface area contributed by atoms with Crippen LogP contribution in [-0.2, 0) is 28.9 Å². The second kappa shape index (κ2) is 10.1. The third-order valence-corrected chi connectivity index (χ3v) is 7.09. The van der Waals surface area contributed by atoms with Crippen LogP contribution in [0.3, 0.4) is 0 Å². The van der Waals surface area contributed by atoms with Crippen LogP contribution in [0.2, 0.25) is 5.02 Å². The molecule has 0 saturated carbocycles. The van der Waals surface area contributed by atoms with Gasteiger partial charge in [-0.1, -0.05) is 72.3 Å². The zero-order valence-corrected chi connectivity index (χ0v) is 20.5. The molecule has 4 aromatic rings. The second-order valence-corrected chi connectivity index (χ2v) is 10.1. The zero-order chi connectivity index (χ0) is 26.8. The van der Waals surface area contributed by atoms with E-state index in [9.17, 15) is 21.6 Å². The Morgan fingerprint density at radius 2 is 1.41 bits per heavy atom. The molecule has 1 aromatic heterocycles. The minimum atomic E-state index is -5.98. The maximum absolute atomic E-state index is 15.1. The monoisotopic (exact) mass is 555 g/mol. The summed E-state index contributed by atoms with van der Waals surface area (Å²) in [5.74, 6) is -6.03. The molecule has 0 spiro atoms. The SMILES string of the molecule is O=S(=O)(Nc1nn(CCc2ccccc2)c(C(F)(F)C(F)(F)F)c1-c1ccc(Cl)cc1)c1ccccc1. The number of nitrogens with zero attached hydrogens (tertiary/aromatic N) is 2. The van der Waals surface area contributed by atoms with Crippen LogP contribution in [0.25, 0.3) is 11.1 Å². The smallest absolute Gasteiger partial charge is 0.261 e. The normalized spacial score (nSPS) is 12.5. The molecule has 37 heavy (non-hydrogen) atoms. The number of alkyl halides is 5.